The number of para-hydroxylation sites is 3. The number of allylic oxidation sites excluding steroid dienone is 1. The topological polar surface area (TPSA) is 31.2 Å². The zero-order valence-electron chi connectivity index (χ0n) is 34.4. The van der Waals surface area contributed by atoms with Gasteiger partial charge in [-0.1, -0.05) is 170 Å². The number of rotatable bonds is 6. The molecule has 63 heavy (non-hydrogen) atoms. The first-order chi connectivity index (χ1) is 31.2. The average molecular weight is 806 g/mol. The monoisotopic (exact) mass is 805 g/mol. The van der Waals surface area contributed by atoms with Gasteiger partial charge >= 0.3 is 0 Å². The van der Waals surface area contributed by atoms with Crippen molar-refractivity contribution in [3.8, 4) is 61.3 Å². The molecular formula is C60H39NO2. The minimum absolute atomic E-state index is 0.879. The molecule has 0 saturated heterocycles. The fraction of sp³-hybridized carbons (Fsp3) is 0.0333. The number of hydrogen-bond donors (Lipinski definition) is 0. The summed E-state index contributed by atoms with van der Waals surface area (Å²) in [6.07, 6.45) is 6.38. The molecule has 0 fully saturated rings. The third-order valence-electron chi connectivity index (χ3n) is 13.0. The van der Waals surface area contributed by atoms with Crippen molar-refractivity contribution in [1.82, 2.24) is 4.57 Å². The minimum atomic E-state index is 0.879. The molecule has 0 radical (unpaired) electrons. The first-order valence-corrected chi connectivity index (χ1v) is 21.8. The molecule has 296 valence electrons. The molecular weight excluding hydrogens is 767 g/mol. The van der Waals surface area contributed by atoms with E-state index in [4.69, 9.17) is 8.83 Å². The molecule has 1 aliphatic carbocycles. The molecule has 0 atom stereocenters. The zero-order chi connectivity index (χ0) is 41.4. The second-order valence-corrected chi connectivity index (χ2v) is 16.7. The van der Waals surface area contributed by atoms with Crippen LogP contribution in [0.2, 0.25) is 0 Å². The highest BCUT2D eigenvalue weighted by Gasteiger charge is 2.26. The third kappa shape index (κ3) is 5.67. The van der Waals surface area contributed by atoms with E-state index in [0.29, 0.717) is 0 Å². The molecule has 0 saturated carbocycles. The summed E-state index contributed by atoms with van der Waals surface area (Å²) in [5, 5.41) is 5.68. The normalized spacial score (nSPS) is 12.6. The van der Waals surface area contributed by atoms with E-state index in [1.807, 2.05) is 6.07 Å². The molecule has 0 aliphatic heterocycles. The molecule has 0 spiro atoms. The molecule has 9 aromatic carbocycles. The second-order valence-electron chi connectivity index (χ2n) is 16.7. The largest absolute Gasteiger partial charge is 0.460 e. The predicted molar refractivity (Wildman–Crippen MR) is 262 cm³/mol. The maximum absolute atomic E-state index is 6.94. The molecule has 13 rings (SSSR count). The summed E-state index contributed by atoms with van der Waals surface area (Å²) in [5.41, 5.74) is 18.4. The van der Waals surface area contributed by atoms with Crippen LogP contribution in [0.5, 0.6) is 0 Å². The van der Waals surface area contributed by atoms with Crippen LogP contribution >= 0.6 is 0 Å². The van der Waals surface area contributed by atoms with Crippen LogP contribution < -0.4 is 0 Å². The van der Waals surface area contributed by atoms with Gasteiger partial charge in [-0.05, 0) is 82.3 Å². The van der Waals surface area contributed by atoms with Gasteiger partial charge in [-0.25, -0.2) is 0 Å². The zero-order valence-corrected chi connectivity index (χ0v) is 34.4. The predicted octanol–water partition coefficient (Wildman–Crippen LogP) is 16.7. The number of hydrogen-bond acceptors (Lipinski definition) is 2. The van der Waals surface area contributed by atoms with E-state index >= 15 is 0 Å². The molecule has 3 aromatic heterocycles. The third-order valence-corrected chi connectivity index (χ3v) is 13.0. The van der Waals surface area contributed by atoms with Crippen molar-refractivity contribution in [2.24, 2.45) is 0 Å². The van der Waals surface area contributed by atoms with E-state index in [0.717, 1.165) is 129 Å². The lowest BCUT2D eigenvalue weighted by atomic mass is 9.92. The number of nitrogens with zero attached hydrogens (tertiary/aromatic N) is 1. The van der Waals surface area contributed by atoms with Gasteiger partial charge in [-0.3, -0.25) is 0 Å². The van der Waals surface area contributed by atoms with Crippen molar-refractivity contribution in [2.75, 3.05) is 0 Å². The Morgan fingerprint density at radius 1 is 0.365 bits per heavy atom. The van der Waals surface area contributed by atoms with Gasteiger partial charge in [0.25, 0.3) is 0 Å². The SMILES string of the molecule is C1=Cc2c(oc3c(-c4cc(-c5ccccc5)cc5c6cc(-c7ccccc7)cc(-c7cccc8c7oc7ccccc78)c6n(-c6cccc(-c7ccccc7)c6)c45)cccc23)CC1. The van der Waals surface area contributed by atoms with Crippen LogP contribution in [0.4, 0.5) is 0 Å². The standard InChI is InChI=1S/C60H39NO2/c1-4-17-38(18-5-1)41-23-14-24-44(33-41)61-57-51(49-29-15-27-47-45-25-10-12-31-55(45)62-59(47)49)34-42(39-19-6-2-7-20-39)36-53(57)54-37-43(40-21-8-3-9-22-40)35-52(58(54)61)50-30-16-28-48-46-26-11-13-32-56(46)63-60(48)50/h1-12,14-31,33-37H,13,32H2. The van der Waals surface area contributed by atoms with Gasteiger partial charge in [0.2, 0.25) is 0 Å². The highest BCUT2D eigenvalue weighted by atomic mass is 16.3. The molecule has 0 amide bonds. The summed E-state index contributed by atoms with van der Waals surface area (Å²) in [6.45, 7) is 0. The van der Waals surface area contributed by atoms with Crippen molar-refractivity contribution >= 4 is 60.8 Å². The maximum atomic E-state index is 6.94. The van der Waals surface area contributed by atoms with E-state index in [1.165, 1.54) is 11.1 Å². The molecule has 3 heteroatoms. The van der Waals surface area contributed by atoms with Crippen LogP contribution in [0, 0.1) is 0 Å². The highest BCUT2D eigenvalue weighted by molar-refractivity contribution is 6.22. The fourth-order valence-corrected chi connectivity index (χ4v) is 10.1. The van der Waals surface area contributed by atoms with Gasteiger partial charge < -0.3 is 13.4 Å². The van der Waals surface area contributed by atoms with Gasteiger partial charge in [0, 0.05) is 66.9 Å². The number of benzene rings is 9. The summed E-state index contributed by atoms with van der Waals surface area (Å²) in [5.74, 6) is 1.06. The van der Waals surface area contributed by atoms with Crippen molar-refractivity contribution in [3.05, 3.63) is 218 Å². The smallest absolute Gasteiger partial charge is 0.143 e. The van der Waals surface area contributed by atoms with Gasteiger partial charge in [-0.2, -0.15) is 0 Å². The van der Waals surface area contributed by atoms with Gasteiger partial charge in [-0.15, -0.1) is 0 Å². The number of aryl methyl sites for hydroxylation is 1. The quantitative estimate of drug-likeness (QED) is 0.168. The molecule has 0 bridgehead atoms. The van der Waals surface area contributed by atoms with Crippen LogP contribution in [0.3, 0.4) is 0 Å². The van der Waals surface area contributed by atoms with Crippen molar-refractivity contribution < 1.29 is 8.83 Å². The average Bonchev–Trinajstić information content (AvgIpc) is 4.04. The Bertz CT molecular complexity index is 3770. The Hall–Kier alpha value is -8.14. The Morgan fingerprint density at radius 2 is 0.889 bits per heavy atom. The Balaban J connectivity index is 1.24. The first kappa shape index (κ1) is 35.6. The second kappa shape index (κ2) is 14.2. The van der Waals surface area contributed by atoms with Crippen molar-refractivity contribution in [2.45, 2.75) is 12.8 Å². The fourth-order valence-electron chi connectivity index (χ4n) is 10.1. The van der Waals surface area contributed by atoms with Crippen LogP contribution in [0.25, 0.3) is 122 Å². The lowest BCUT2D eigenvalue weighted by Gasteiger charge is -2.17. The summed E-state index contributed by atoms with van der Waals surface area (Å²) in [7, 11) is 0. The van der Waals surface area contributed by atoms with Gasteiger partial charge in [0.15, 0.2) is 0 Å². The van der Waals surface area contributed by atoms with E-state index in [-0.39, 0.29) is 0 Å². The van der Waals surface area contributed by atoms with Crippen molar-refractivity contribution in [3.63, 3.8) is 0 Å². The van der Waals surface area contributed by atoms with E-state index < -0.39 is 0 Å². The molecule has 1 aliphatic rings. The lowest BCUT2D eigenvalue weighted by molar-refractivity contribution is 0.547. The Labute approximate surface area is 364 Å². The van der Waals surface area contributed by atoms with Crippen LogP contribution in [0.15, 0.2) is 215 Å². The van der Waals surface area contributed by atoms with Gasteiger partial charge in [0.05, 0.1) is 11.0 Å². The highest BCUT2D eigenvalue weighted by Crippen LogP contribution is 2.49. The summed E-state index contributed by atoms with van der Waals surface area (Å²) >= 11 is 0. The lowest BCUT2D eigenvalue weighted by Crippen LogP contribution is -1.98. The molecule has 3 nitrogen and oxygen atoms in total. The van der Waals surface area contributed by atoms with Crippen LogP contribution in [-0.2, 0) is 6.42 Å². The minimum Gasteiger partial charge on any atom is -0.460 e. The Morgan fingerprint density at radius 3 is 1.54 bits per heavy atom. The van der Waals surface area contributed by atoms with Gasteiger partial charge in [0.1, 0.15) is 22.5 Å². The molecule has 3 heterocycles. The number of furan rings is 2. The van der Waals surface area contributed by atoms with Crippen LogP contribution in [-0.4, -0.2) is 4.57 Å². The van der Waals surface area contributed by atoms with Crippen molar-refractivity contribution in [1.29, 1.82) is 0 Å². The van der Waals surface area contributed by atoms with E-state index in [1.54, 1.807) is 0 Å². The van der Waals surface area contributed by atoms with E-state index in [2.05, 4.69) is 211 Å². The molecule has 0 N–H and O–H groups in total. The summed E-state index contributed by atoms with van der Waals surface area (Å²) in [6, 6.07) is 72.4. The molecule has 12 aromatic rings. The summed E-state index contributed by atoms with van der Waals surface area (Å²) in [4.78, 5) is 0. The maximum Gasteiger partial charge on any atom is 0.143 e. The van der Waals surface area contributed by atoms with E-state index in [9.17, 15) is 0 Å². The molecule has 0 unspecified atom stereocenters. The van der Waals surface area contributed by atoms with Crippen LogP contribution in [0.1, 0.15) is 17.7 Å². The number of fused-ring (bicyclic) bond motifs is 9. The number of aromatic nitrogens is 1. The Kier molecular flexibility index (Phi) is 8.04. The first-order valence-electron chi connectivity index (χ1n) is 21.8. The summed E-state index contributed by atoms with van der Waals surface area (Å²) < 4.78 is 16.3.